The second-order valence-electron chi connectivity index (χ2n) is 7.82. The Labute approximate surface area is 188 Å². The van der Waals surface area contributed by atoms with E-state index in [4.69, 9.17) is 0 Å². The molecule has 1 aromatic heterocycles. The van der Waals surface area contributed by atoms with Crippen molar-refractivity contribution in [2.75, 3.05) is 11.9 Å². The summed E-state index contributed by atoms with van der Waals surface area (Å²) in [6.45, 7) is 2.83. The van der Waals surface area contributed by atoms with Gasteiger partial charge in [0.05, 0.1) is 12.1 Å². The topological polar surface area (TPSA) is 101 Å². The molecule has 1 aliphatic carbocycles. The Kier molecular flexibility index (Phi) is 6.50. The number of hydrogen-bond donors (Lipinski definition) is 3. The SMILES string of the molecule is Cc1cc(NC(=O)NCCn2nnc3cc(C(=O)NC4CCCC4)ccc32)ccc1Br. The Hall–Kier alpha value is -2.94. The molecule has 1 aliphatic rings. The van der Waals surface area contributed by atoms with Gasteiger partial charge in [0.25, 0.3) is 5.91 Å². The molecule has 3 N–H and O–H groups in total. The lowest BCUT2D eigenvalue weighted by molar-refractivity contribution is 0.0938. The van der Waals surface area contributed by atoms with Crippen LogP contribution in [0.5, 0.6) is 0 Å². The van der Waals surface area contributed by atoms with Crippen LogP contribution >= 0.6 is 15.9 Å². The average Bonchev–Trinajstić information content (AvgIpc) is 3.40. The molecule has 0 aliphatic heterocycles. The zero-order valence-corrected chi connectivity index (χ0v) is 18.9. The van der Waals surface area contributed by atoms with Gasteiger partial charge in [0.2, 0.25) is 0 Å². The molecule has 2 aromatic carbocycles. The molecule has 8 nitrogen and oxygen atoms in total. The maximum absolute atomic E-state index is 12.5. The number of aryl methyl sites for hydroxylation is 1. The number of aromatic nitrogens is 3. The molecule has 0 radical (unpaired) electrons. The summed E-state index contributed by atoms with van der Waals surface area (Å²) in [5.74, 6) is -0.0649. The van der Waals surface area contributed by atoms with Crippen molar-refractivity contribution >= 4 is 44.6 Å². The number of rotatable bonds is 6. The highest BCUT2D eigenvalue weighted by Crippen LogP contribution is 2.20. The molecule has 0 unspecified atom stereocenters. The van der Waals surface area contributed by atoms with Gasteiger partial charge in [-0.15, -0.1) is 5.10 Å². The number of fused-ring (bicyclic) bond motifs is 1. The number of nitrogens with one attached hydrogen (secondary N) is 3. The van der Waals surface area contributed by atoms with Crippen molar-refractivity contribution in [1.29, 1.82) is 0 Å². The number of carbonyl (C=O) groups excluding carboxylic acids is 2. The van der Waals surface area contributed by atoms with Gasteiger partial charge in [-0.1, -0.05) is 34.0 Å². The molecule has 9 heteroatoms. The van der Waals surface area contributed by atoms with E-state index in [1.807, 2.05) is 31.2 Å². The predicted octanol–water partition coefficient (Wildman–Crippen LogP) is 4.00. The summed E-state index contributed by atoms with van der Waals surface area (Å²) in [6.07, 6.45) is 4.44. The van der Waals surface area contributed by atoms with Crippen molar-refractivity contribution in [2.24, 2.45) is 0 Å². The van der Waals surface area contributed by atoms with E-state index in [0.29, 0.717) is 24.2 Å². The van der Waals surface area contributed by atoms with E-state index in [1.54, 1.807) is 16.8 Å². The molecule has 1 saturated carbocycles. The molecule has 0 bridgehead atoms. The normalized spacial score (nSPS) is 14.0. The summed E-state index contributed by atoms with van der Waals surface area (Å²) in [6, 6.07) is 11.0. The van der Waals surface area contributed by atoms with Crippen LogP contribution in [0, 0.1) is 6.92 Å². The highest BCUT2D eigenvalue weighted by Gasteiger charge is 2.18. The van der Waals surface area contributed by atoms with E-state index in [9.17, 15) is 9.59 Å². The monoisotopic (exact) mass is 484 g/mol. The smallest absolute Gasteiger partial charge is 0.319 e. The molecule has 0 saturated heterocycles. The molecule has 0 spiro atoms. The molecular formula is C22H25BrN6O2. The van der Waals surface area contributed by atoms with Crippen molar-refractivity contribution in [3.05, 3.63) is 52.0 Å². The number of anilines is 1. The summed E-state index contributed by atoms with van der Waals surface area (Å²) < 4.78 is 2.72. The minimum absolute atomic E-state index is 0.0649. The quantitative estimate of drug-likeness (QED) is 0.492. The first-order chi connectivity index (χ1) is 15.0. The highest BCUT2D eigenvalue weighted by atomic mass is 79.9. The molecule has 1 fully saturated rings. The van der Waals surface area contributed by atoms with Crippen LogP contribution in [-0.2, 0) is 6.54 Å². The van der Waals surface area contributed by atoms with Crippen molar-refractivity contribution in [3.63, 3.8) is 0 Å². The van der Waals surface area contributed by atoms with Crippen LogP contribution in [0.15, 0.2) is 40.9 Å². The summed E-state index contributed by atoms with van der Waals surface area (Å²) >= 11 is 3.44. The molecule has 162 valence electrons. The van der Waals surface area contributed by atoms with E-state index < -0.39 is 0 Å². The van der Waals surface area contributed by atoms with Crippen LogP contribution in [0.4, 0.5) is 10.5 Å². The average molecular weight is 485 g/mol. The second kappa shape index (κ2) is 9.47. The lowest BCUT2D eigenvalue weighted by atomic mass is 10.1. The summed E-state index contributed by atoms with van der Waals surface area (Å²) in [4.78, 5) is 24.6. The summed E-state index contributed by atoms with van der Waals surface area (Å²) in [5.41, 5.74) is 3.85. The van der Waals surface area contributed by atoms with Gasteiger partial charge in [-0.2, -0.15) is 0 Å². The van der Waals surface area contributed by atoms with Crippen molar-refractivity contribution in [1.82, 2.24) is 25.6 Å². The molecule has 4 rings (SSSR count). The van der Waals surface area contributed by atoms with Gasteiger partial charge in [0.1, 0.15) is 5.52 Å². The minimum atomic E-state index is -0.281. The van der Waals surface area contributed by atoms with E-state index in [2.05, 4.69) is 42.2 Å². The second-order valence-corrected chi connectivity index (χ2v) is 8.67. The van der Waals surface area contributed by atoms with E-state index >= 15 is 0 Å². The lowest BCUT2D eigenvalue weighted by Gasteiger charge is -2.11. The Morgan fingerprint density at radius 3 is 2.74 bits per heavy atom. The van der Waals surface area contributed by atoms with Crippen LogP contribution in [0.2, 0.25) is 0 Å². The van der Waals surface area contributed by atoms with Gasteiger partial charge < -0.3 is 16.0 Å². The van der Waals surface area contributed by atoms with Crippen LogP contribution in [-0.4, -0.2) is 39.5 Å². The van der Waals surface area contributed by atoms with Crippen LogP contribution in [0.1, 0.15) is 41.6 Å². The Morgan fingerprint density at radius 1 is 1.16 bits per heavy atom. The fourth-order valence-corrected chi connectivity index (χ4v) is 4.04. The lowest BCUT2D eigenvalue weighted by Crippen LogP contribution is -2.32. The third-order valence-electron chi connectivity index (χ3n) is 5.49. The number of benzene rings is 2. The number of nitrogens with zero attached hydrogens (tertiary/aromatic N) is 3. The first kappa shape index (κ1) is 21.3. The van der Waals surface area contributed by atoms with Gasteiger partial charge in [0.15, 0.2) is 0 Å². The van der Waals surface area contributed by atoms with Crippen molar-refractivity contribution < 1.29 is 9.59 Å². The van der Waals surface area contributed by atoms with E-state index in [1.165, 1.54) is 12.8 Å². The fraction of sp³-hybridized carbons (Fsp3) is 0.364. The third kappa shape index (κ3) is 5.22. The number of urea groups is 1. The minimum Gasteiger partial charge on any atom is -0.349 e. The number of hydrogen-bond acceptors (Lipinski definition) is 4. The number of carbonyl (C=O) groups is 2. The van der Waals surface area contributed by atoms with Gasteiger partial charge in [-0.25, -0.2) is 9.48 Å². The molecule has 0 atom stereocenters. The molecule has 31 heavy (non-hydrogen) atoms. The van der Waals surface area contributed by atoms with Crippen LogP contribution < -0.4 is 16.0 Å². The van der Waals surface area contributed by atoms with Gasteiger partial charge in [-0.3, -0.25) is 4.79 Å². The standard InChI is InChI=1S/C22H25BrN6O2/c1-14-12-17(7-8-18(14)23)26-22(31)24-10-11-29-20-9-6-15(13-19(20)27-28-29)21(30)25-16-4-2-3-5-16/h6-9,12-13,16H,2-5,10-11H2,1H3,(H,25,30)(H2,24,26,31). The fourth-order valence-electron chi connectivity index (χ4n) is 3.79. The largest absolute Gasteiger partial charge is 0.349 e. The summed E-state index contributed by atoms with van der Waals surface area (Å²) in [7, 11) is 0. The van der Waals surface area contributed by atoms with E-state index in [-0.39, 0.29) is 18.0 Å². The van der Waals surface area contributed by atoms with Gasteiger partial charge in [0, 0.05) is 28.3 Å². The van der Waals surface area contributed by atoms with Crippen molar-refractivity contribution in [2.45, 2.75) is 45.2 Å². The van der Waals surface area contributed by atoms with Gasteiger partial charge in [-0.05, 0) is 61.7 Å². The predicted molar refractivity (Wildman–Crippen MR) is 123 cm³/mol. The maximum Gasteiger partial charge on any atom is 0.319 e. The zero-order chi connectivity index (χ0) is 21.8. The molecule has 1 heterocycles. The van der Waals surface area contributed by atoms with Crippen molar-refractivity contribution in [3.8, 4) is 0 Å². The van der Waals surface area contributed by atoms with Gasteiger partial charge >= 0.3 is 6.03 Å². The van der Waals surface area contributed by atoms with Crippen LogP contribution in [0.3, 0.4) is 0 Å². The zero-order valence-electron chi connectivity index (χ0n) is 17.3. The Balaban J connectivity index is 1.31. The molecular weight excluding hydrogens is 460 g/mol. The third-order valence-corrected chi connectivity index (χ3v) is 6.38. The van der Waals surface area contributed by atoms with E-state index in [0.717, 1.165) is 34.1 Å². The number of halogens is 1. The molecule has 3 aromatic rings. The Morgan fingerprint density at radius 2 is 1.97 bits per heavy atom. The Bertz CT molecular complexity index is 1110. The first-order valence-corrected chi connectivity index (χ1v) is 11.2. The maximum atomic E-state index is 12.5. The summed E-state index contributed by atoms with van der Waals surface area (Å²) in [5, 5.41) is 17.1. The number of amides is 3. The first-order valence-electron chi connectivity index (χ1n) is 10.4. The molecule has 3 amide bonds. The highest BCUT2D eigenvalue weighted by molar-refractivity contribution is 9.10. The van der Waals surface area contributed by atoms with Crippen LogP contribution in [0.25, 0.3) is 11.0 Å².